The number of carbonyl (C=O) groups excluding carboxylic acids is 1. The van der Waals surface area contributed by atoms with Crippen LogP contribution in [0.3, 0.4) is 0 Å². The summed E-state index contributed by atoms with van der Waals surface area (Å²) in [6, 6.07) is 0.618. The highest BCUT2D eigenvalue weighted by molar-refractivity contribution is 5.82. The Morgan fingerprint density at radius 2 is 1.76 bits per heavy atom. The van der Waals surface area contributed by atoms with Crippen molar-refractivity contribution in [2.75, 3.05) is 14.1 Å². The fourth-order valence-corrected chi connectivity index (χ4v) is 2.68. The second kappa shape index (κ2) is 6.36. The summed E-state index contributed by atoms with van der Waals surface area (Å²) >= 11 is 0. The molecule has 1 unspecified atom stereocenters. The van der Waals surface area contributed by atoms with Crippen LogP contribution in [-0.2, 0) is 4.79 Å². The first-order valence-electron chi connectivity index (χ1n) is 6.64. The molecule has 1 fully saturated rings. The van der Waals surface area contributed by atoms with E-state index in [1.54, 1.807) is 0 Å². The third-order valence-electron chi connectivity index (χ3n) is 3.57. The van der Waals surface area contributed by atoms with Gasteiger partial charge in [-0.15, -0.1) is 0 Å². The molecule has 1 saturated carbocycles. The van der Waals surface area contributed by atoms with Crippen molar-refractivity contribution in [3.8, 4) is 0 Å². The molecule has 1 atom stereocenters. The zero-order valence-corrected chi connectivity index (χ0v) is 11.6. The third-order valence-corrected chi connectivity index (χ3v) is 3.57. The van der Waals surface area contributed by atoms with E-state index in [1.165, 1.54) is 0 Å². The average Bonchev–Trinajstić information content (AvgIpc) is 2.20. The first kappa shape index (κ1) is 14.5. The summed E-state index contributed by atoms with van der Waals surface area (Å²) in [5, 5.41) is 3.17. The number of hydrogen-bond donors (Lipinski definition) is 2. The highest BCUT2D eigenvalue weighted by Crippen LogP contribution is 2.18. The molecule has 1 amide bonds. The molecular weight excluding hydrogens is 214 g/mol. The van der Waals surface area contributed by atoms with E-state index in [4.69, 9.17) is 5.73 Å². The maximum Gasteiger partial charge on any atom is 0.237 e. The molecule has 3 N–H and O–H groups in total. The Hall–Kier alpha value is -0.610. The highest BCUT2D eigenvalue weighted by Gasteiger charge is 2.27. The van der Waals surface area contributed by atoms with Gasteiger partial charge in [0, 0.05) is 12.1 Å². The maximum atomic E-state index is 12.2. The van der Waals surface area contributed by atoms with Crippen molar-refractivity contribution in [1.82, 2.24) is 10.2 Å². The number of amides is 1. The van der Waals surface area contributed by atoms with E-state index in [0.29, 0.717) is 18.0 Å². The molecule has 1 aliphatic carbocycles. The molecule has 1 rings (SSSR count). The second-order valence-corrected chi connectivity index (χ2v) is 5.77. The lowest BCUT2D eigenvalue weighted by Crippen LogP contribution is -2.51. The van der Waals surface area contributed by atoms with Gasteiger partial charge in [0.1, 0.15) is 0 Å². The molecule has 0 bridgehead atoms. The molecular formula is C13H27N3O. The van der Waals surface area contributed by atoms with E-state index in [1.807, 2.05) is 19.0 Å². The minimum absolute atomic E-state index is 0.0365. The third kappa shape index (κ3) is 4.28. The standard InChI is InChI=1S/C13H27N3O/c1-9(2)12(16(3)4)13(17)15-11-7-5-10(14)6-8-11/h9-12H,5-8,14H2,1-4H3,(H,15,17). The van der Waals surface area contributed by atoms with Crippen LogP contribution in [-0.4, -0.2) is 43.0 Å². The van der Waals surface area contributed by atoms with E-state index in [-0.39, 0.29) is 11.9 Å². The van der Waals surface area contributed by atoms with Crippen LogP contribution in [0.5, 0.6) is 0 Å². The largest absolute Gasteiger partial charge is 0.352 e. The minimum Gasteiger partial charge on any atom is -0.352 e. The smallest absolute Gasteiger partial charge is 0.237 e. The Balaban J connectivity index is 2.47. The van der Waals surface area contributed by atoms with Gasteiger partial charge >= 0.3 is 0 Å². The van der Waals surface area contributed by atoms with Gasteiger partial charge in [0.2, 0.25) is 5.91 Å². The van der Waals surface area contributed by atoms with Crippen LogP contribution >= 0.6 is 0 Å². The Kier molecular flexibility index (Phi) is 5.40. The van der Waals surface area contributed by atoms with Crippen LogP contribution in [0.15, 0.2) is 0 Å². The van der Waals surface area contributed by atoms with Gasteiger partial charge in [-0.1, -0.05) is 13.8 Å². The van der Waals surface area contributed by atoms with Gasteiger partial charge in [0.25, 0.3) is 0 Å². The zero-order valence-electron chi connectivity index (χ0n) is 11.6. The molecule has 0 aromatic heterocycles. The summed E-state index contributed by atoms with van der Waals surface area (Å²) in [6.45, 7) is 4.17. The lowest BCUT2D eigenvalue weighted by atomic mass is 9.91. The molecule has 4 nitrogen and oxygen atoms in total. The number of rotatable bonds is 4. The SMILES string of the molecule is CC(C)C(C(=O)NC1CCC(N)CC1)N(C)C. The Bertz CT molecular complexity index is 237. The first-order chi connectivity index (χ1) is 7.91. The fraction of sp³-hybridized carbons (Fsp3) is 0.923. The van der Waals surface area contributed by atoms with E-state index < -0.39 is 0 Å². The molecule has 1 aliphatic rings. The van der Waals surface area contributed by atoms with E-state index in [9.17, 15) is 4.79 Å². The molecule has 0 aromatic carbocycles. The monoisotopic (exact) mass is 241 g/mol. The number of nitrogens with zero attached hydrogens (tertiary/aromatic N) is 1. The molecule has 0 heterocycles. The summed E-state index contributed by atoms with van der Waals surface area (Å²) < 4.78 is 0. The molecule has 4 heteroatoms. The number of carbonyl (C=O) groups is 1. The van der Waals surface area contributed by atoms with Crippen molar-refractivity contribution in [1.29, 1.82) is 0 Å². The summed E-state index contributed by atoms with van der Waals surface area (Å²) in [7, 11) is 3.92. The Morgan fingerprint density at radius 1 is 1.24 bits per heavy atom. The number of nitrogens with two attached hydrogens (primary N) is 1. The lowest BCUT2D eigenvalue weighted by molar-refractivity contribution is -0.127. The lowest BCUT2D eigenvalue weighted by Gasteiger charge is -2.31. The van der Waals surface area contributed by atoms with Gasteiger partial charge in [-0.2, -0.15) is 0 Å². The summed E-state index contributed by atoms with van der Waals surface area (Å²) in [6.07, 6.45) is 4.09. The molecule has 0 aliphatic heterocycles. The van der Waals surface area contributed by atoms with Gasteiger partial charge < -0.3 is 11.1 Å². The van der Waals surface area contributed by atoms with Crippen LogP contribution in [0.25, 0.3) is 0 Å². The maximum absolute atomic E-state index is 12.2. The van der Waals surface area contributed by atoms with Crippen molar-refractivity contribution in [3.05, 3.63) is 0 Å². The molecule has 17 heavy (non-hydrogen) atoms. The summed E-state index contributed by atoms with van der Waals surface area (Å²) in [4.78, 5) is 14.2. The first-order valence-corrected chi connectivity index (χ1v) is 6.64. The summed E-state index contributed by atoms with van der Waals surface area (Å²) in [5.74, 6) is 0.487. The van der Waals surface area contributed by atoms with Crippen molar-refractivity contribution in [3.63, 3.8) is 0 Å². The number of nitrogens with one attached hydrogen (secondary N) is 1. The van der Waals surface area contributed by atoms with E-state index in [2.05, 4.69) is 19.2 Å². The quantitative estimate of drug-likeness (QED) is 0.771. The van der Waals surface area contributed by atoms with Crippen molar-refractivity contribution in [2.24, 2.45) is 11.7 Å². The number of hydrogen-bond acceptors (Lipinski definition) is 3. The van der Waals surface area contributed by atoms with E-state index >= 15 is 0 Å². The van der Waals surface area contributed by atoms with Crippen LogP contribution in [0, 0.1) is 5.92 Å². The van der Waals surface area contributed by atoms with Gasteiger partial charge in [-0.05, 0) is 45.7 Å². The molecule has 0 aromatic rings. The molecule has 0 radical (unpaired) electrons. The summed E-state index contributed by atoms with van der Waals surface area (Å²) in [5.41, 5.74) is 5.86. The minimum atomic E-state index is -0.0365. The highest BCUT2D eigenvalue weighted by atomic mass is 16.2. The normalized spacial score (nSPS) is 27.2. The number of likely N-dealkylation sites (N-methyl/N-ethyl adjacent to an activating group) is 1. The van der Waals surface area contributed by atoms with Gasteiger partial charge in [0.05, 0.1) is 6.04 Å². The second-order valence-electron chi connectivity index (χ2n) is 5.77. The molecule has 100 valence electrons. The molecule has 0 saturated heterocycles. The van der Waals surface area contributed by atoms with Crippen LogP contribution in [0.2, 0.25) is 0 Å². The predicted octanol–water partition coefficient (Wildman–Crippen LogP) is 0.959. The van der Waals surface area contributed by atoms with Gasteiger partial charge in [-0.3, -0.25) is 9.69 Å². The predicted molar refractivity (Wildman–Crippen MR) is 70.7 cm³/mol. The van der Waals surface area contributed by atoms with Crippen molar-refractivity contribution in [2.45, 2.75) is 57.7 Å². The Morgan fingerprint density at radius 3 is 2.18 bits per heavy atom. The zero-order chi connectivity index (χ0) is 13.0. The average molecular weight is 241 g/mol. The van der Waals surface area contributed by atoms with Crippen molar-refractivity contribution < 1.29 is 4.79 Å². The van der Waals surface area contributed by atoms with Gasteiger partial charge in [-0.25, -0.2) is 0 Å². The van der Waals surface area contributed by atoms with Crippen LogP contribution in [0.4, 0.5) is 0 Å². The fourth-order valence-electron chi connectivity index (χ4n) is 2.68. The van der Waals surface area contributed by atoms with E-state index in [0.717, 1.165) is 25.7 Å². The van der Waals surface area contributed by atoms with Crippen LogP contribution in [0.1, 0.15) is 39.5 Å². The van der Waals surface area contributed by atoms with Gasteiger partial charge in [0.15, 0.2) is 0 Å². The Labute approximate surface area is 105 Å². The van der Waals surface area contributed by atoms with Crippen LogP contribution < -0.4 is 11.1 Å². The van der Waals surface area contributed by atoms with Crippen molar-refractivity contribution >= 4 is 5.91 Å². The topological polar surface area (TPSA) is 58.4 Å². The molecule has 0 spiro atoms.